The molecule has 2 aromatic rings. The van der Waals surface area contributed by atoms with Gasteiger partial charge in [0.1, 0.15) is 0 Å². The summed E-state index contributed by atoms with van der Waals surface area (Å²) < 4.78 is 0. The number of carbonyl (C=O) groups is 1. The molecule has 2 aromatic carbocycles. The third kappa shape index (κ3) is 4.38. The molecular formula is C19H23NOS. The molecule has 2 nitrogen and oxygen atoms in total. The van der Waals surface area contributed by atoms with Gasteiger partial charge in [-0.25, -0.2) is 0 Å². The number of amides is 1. The topological polar surface area (TPSA) is 29.1 Å². The van der Waals surface area contributed by atoms with Gasteiger partial charge in [0.15, 0.2) is 0 Å². The van der Waals surface area contributed by atoms with E-state index in [2.05, 4.69) is 38.2 Å². The molecule has 0 radical (unpaired) electrons. The summed E-state index contributed by atoms with van der Waals surface area (Å²) >= 11 is 1.56. The molecule has 1 N–H and O–H groups in total. The smallest absolute Gasteiger partial charge is 0.230 e. The van der Waals surface area contributed by atoms with Gasteiger partial charge in [0.2, 0.25) is 5.91 Å². The number of benzene rings is 2. The SMILES string of the molecule is Cc1cc(C)c(C(C)NC(=O)CSc2ccccc2)cc1C. The highest BCUT2D eigenvalue weighted by molar-refractivity contribution is 8.00. The van der Waals surface area contributed by atoms with Crippen LogP contribution in [0.4, 0.5) is 0 Å². The summed E-state index contributed by atoms with van der Waals surface area (Å²) in [7, 11) is 0. The van der Waals surface area contributed by atoms with Gasteiger partial charge < -0.3 is 5.32 Å². The van der Waals surface area contributed by atoms with E-state index in [1.165, 1.54) is 22.3 Å². The molecule has 1 atom stereocenters. The average molecular weight is 313 g/mol. The number of hydrogen-bond acceptors (Lipinski definition) is 2. The first-order chi connectivity index (χ1) is 10.5. The summed E-state index contributed by atoms with van der Waals surface area (Å²) in [5.74, 6) is 0.511. The van der Waals surface area contributed by atoms with E-state index in [1.807, 2.05) is 37.3 Å². The lowest BCUT2D eigenvalue weighted by Crippen LogP contribution is -2.28. The summed E-state index contributed by atoms with van der Waals surface area (Å²) in [6, 6.07) is 14.4. The molecule has 0 bridgehead atoms. The maximum Gasteiger partial charge on any atom is 0.230 e. The van der Waals surface area contributed by atoms with Gasteiger partial charge in [0.05, 0.1) is 11.8 Å². The van der Waals surface area contributed by atoms with E-state index >= 15 is 0 Å². The predicted octanol–water partition coefficient (Wildman–Crippen LogP) is 4.58. The minimum absolute atomic E-state index is 0.0307. The maximum absolute atomic E-state index is 12.1. The van der Waals surface area contributed by atoms with Crippen molar-refractivity contribution in [1.29, 1.82) is 0 Å². The first-order valence-corrected chi connectivity index (χ1v) is 8.51. The Morgan fingerprint density at radius 3 is 2.36 bits per heavy atom. The summed E-state index contributed by atoms with van der Waals surface area (Å²) in [5.41, 5.74) is 4.98. The standard InChI is InChI=1S/C19H23NOS/c1-13-10-15(3)18(11-14(13)2)16(4)20-19(21)12-22-17-8-6-5-7-9-17/h5-11,16H,12H2,1-4H3,(H,20,21). The van der Waals surface area contributed by atoms with Crippen molar-refractivity contribution in [3.63, 3.8) is 0 Å². The Labute approximate surface area is 137 Å². The Kier molecular flexibility index (Phi) is 5.67. The van der Waals surface area contributed by atoms with Crippen LogP contribution in [0.15, 0.2) is 47.4 Å². The Morgan fingerprint density at radius 1 is 1.05 bits per heavy atom. The summed E-state index contributed by atoms with van der Waals surface area (Å²) in [6.45, 7) is 8.37. The zero-order chi connectivity index (χ0) is 16.1. The summed E-state index contributed by atoms with van der Waals surface area (Å²) in [5, 5.41) is 3.09. The van der Waals surface area contributed by atoms with Crippen molar-refractivity contribution in [3.05, 3.63) is 64.7 Å². The van der Waals surface area contributed by atoms with Crippen LogP contribution in [0.25, 0.3) is 0 Å². The van der Waals surface area contributed by atoms with Crippen LogP contribution < -0.4 is 5.32 Å². The first kappa shape index (κ1) is 16.6. The van der Waals surface area contributed by atoms with Gasteiger partial charge in [-0.15, -0.1) is 11.8 Å². The highest BCUT2D eigenvalue weighted by Crippen LogP contribution is 2.22. The van der Waals surface area contributed by atoms with Crippen molar-refractivity contribution in [2.24, 2.45) is 0 Å². The Hall–Kier alpha value is -1.74. The molecule has 0 aromatic heterocycles. The van der Waals surface area contributed by atoms with E-state index in [0.717, 1.165) is 4.90 Å². The molecular weight excluding hydrogens is 290 g/mol. The van der Waals surface area contributed by atoms with Gasteiger partial charge in [-0.05, 0) is 62.1 Å². The second-order valence-electron chi connectivity index (χ2n) is 5.68. The predicted molar refractivity (Wildman–Crippen MR) is 94.4 cm³/mol. The van der Waals surface area contributed by atoms with Crippen molar-refractivity contribution >= 4 is 17.7 Å². The minimum atomic E-state index is 0.0307. The fourth-order valence-corrected chi connectivity index (χ4v) is 3.21. The van der Waals surface area contributed by atoms with Gasteiger partial charge >= 0.3 is 0 Å². The number of hydrogen-bond donors (Lipinski definition) is 1. The van der Waals surface area contributed by atoms with Crippen LogP contribution >= 0.6 is 11.8 Å². The number of carbonyl (C=O) groups excluding carboxylic acids is 1. The Bertz CT molecular complexity index is 652. The molecule has 1 unspecified atom stereocenters. The molecule has 0 saturated carbocycles. The van der Waals surface area contributed by atoms with Crippen LogP contribution in [-0.2, 0) is 4.79 Å². The monoisotopic (exact) mass is 313 g/mol. The molecule has 0 aliphatic rings. The van der Waals surface area contributed by atoms with Gasteiger partial charge in [0, 0.05) is 4.90 Å². The second kappa shape index (κ2) is 7.50. The third-order valence-electron chi connectivity index (χ3n) is 3.84. The molecule has 3 heteroatoms. The van der Waals surface area contributed by atoms with Crippen LogP contribution in [0.2, 0.25) is 0 Å². The van der Waals surface area contributed by atoms with Gasteiger partial charge in [-0.2, -0.15) is 0 Å². The molecule has 22 heavy (non-hydrogen) atoms. The van der Waals surface area contributed by atoms with Gasteiger partial charge in [-0.3, -0.25) is 4.79 Å². The lowest BCUT2D eigenvalue weighted by Gasteiger charge is -2.18. The average Bonchev–Trinajstić information content (AvgIpc) is 2.50. The largest absolute Gasteiger partial charge is 0.349 e. The minimum Gasteiger partial charge on any atom is -0.349 e. The van der Waals surface area contributed by atoms with Crippen molar-refractivity contribution in [2.75, 3.05) is 5.75 Å². The number of rotatable bonds is 5. The third-order valence-corrected chi connectivity index (χ3v) is 4.85. The molecule has 0 aliphatic carbocycles. The zero-order valence-electron chi connectivity index (χ0n) is 13.6. The van der Waals surface area contributed by atoms with E-state index in [1.54, 1.807) is 11.8 Å². The number of nitrogens with one attached hydrogen (secondary N) is 1. The Morgan fingerprint density at radius 2 is 1.68 bits per heavy atom. The molecule has 0 saturated heterocycles. The molecule has 0 fully saturated rings. The van der Waals surface area contributed by atoms with Crippen LogP contribution in [-0.4, -0.2) is 11.7 Å². The lowest BCUT2D eigenvalue weighted by molar-refractivity contribution is -0.119. The molecule has 0 heterocycles. The highest BCUT2D eigenvalue weighted by atomic mass is 32.2. The van der Waals surface area contributed by atoms with Gasteiger partial charge in [-0.1, -0.05) is 30.3 Å². The molecule has 0 aliphatic heterocycles. The van der Waals surface area contributed by atoms with Crippen molar-refractivity contribution in [1.82, 2.24) is 5.32 Å². The molecule has 1 amide bonds. The van der Waals surface area contributed by atoms with Crippen LogP contribution in [0, 0.1) is 20.8 Å². The van der Waals surface area contributed by atoms with E-state index < -0.39 is 0 Å². The van der Waals surface area contributed by atoms with E-state index in [9.17, 15) is 4.79 Å². The summed E-state index contributed by atoms with van der Waals surface area (Å²) in [4.78, 5) is 13.2. The van der Waals surface area contributed by atoms with E-state index in [4.69, 9.17) is 0 Å². The van der Waals surface area contributed by atoms with E-state index in [0.29, 0.717) is 5.75 Å². The molecule has 2 rings (SSSR count). The first-order valence-electron chi connectivity index (χ1n) is 7.52. The van der Waals surface area contributed by atoms with Gasteiger partial charge in [0.25, 0.3) is 0 Å². The van der Waals surface area contributed by atoms with Crippen LogP contribution in [0.1, 0.15) is 35.2 Å². The Balaban J connectivity index is 1.95. The fraction of sp³-hybridized carbons (Fsp3) is 0.316. The normalized spacial score (nSPS) is 12.0. The number of thioether (sulfide) groups is 1. The van der Waals surface area contributed by atoms with E-state index in [-0.39, 0.29) is 11.9 Å². The second-order valence-corrected chi connectivity index (χ2v) is 6.73. The quantitative estimate of drug-likeness (QED) is 0.819. The highest BCUT2D eigenvalue weighted by Gasteiger charge is 2.13. The van der Waals surface area contributed by atoms with Crippen LogP contribution in [0.3, 0.4) is 0 Å². The maximum atomic E-state index is 12.1. The van der Waals surface area contributed by atoms with Crippen molar-refractivity contribution < 1.29 is 4.79 Å². The fourth-order valence-electron chi connectivity index (χ4n) is 2.48. The molecule has 116 valence electrons. The molecule has 0 spiro atoms. The van der Waals surface area contributed by atoms with Crippen molar-refractivity contribution in [3.8, 4) is 0 Å². The summed E-state index contributed by atoms with van der Waals surface area (Å²) in [6.07, 6.45) is 0. The lowest BCUT2D eigenvalue weighted by atomic mass is 9.96. The van der Waals surface area contributed by atoms with Crippen molar-refractivity contribution in [2.45, 2.75) is 38.6 Å². The number of aryl methyl sites for hydroxylation is 3. The zero-order valence-corrected chi connectivity index (χ0v) is 14.5. The van der Waals surface area contributed by atoms with Crippen LogP contribution in [0.5, 0.6) is 0 Å².